The summed E-state index contributed by atoms with van der Waals surface area (Å²) in [5, 5.41) is 14.5. The summed E-state index contributed by atoms with van der Waals surface area (Å²) >= 11 is 0. The van der Waals surface area contributed by atoms with Gasteiger partial charge < -0.3 is 15.4 Å². The Morgan fingerprint density at radius 2 is 1.92 bits per heavy atom. The van der Waals surface area contributed by atoms with Crippen LogP contribution in [0.1, 0.15) is 5.56 Å². The van der Waals surface area contributed by atoms with E-state index in [2.05, 4.69) is 25.6 Å². The zero-order valence-electron chi connectivity index (χ0n) is 13.3. The number of anilines is 1. The van der Waals surface area contributed by atoms with Crippen molar-refractivity contribution in [3.05, 3.63) is 54.4 Å². The lowest BCUT2D eigenvalue weighted by molar-refractivity contribution is -0.127. The highest BCUT2D eigenvalue weighted by molar-refractivity contribution is 5.97. The van der Waals surface area contributed by atoms with Crippen molar-refractivity contribution >= 4 is 28.8 Å². The first-order valence-electron chi connectivity index (χ1n) is 7.70. The van der Waals surface area contributed by atoms with E-state index in [1.807, 2.05) is 24.3 Å². The van der Waals surface area contributed by atoms with Gasteiger partial charge in [0, 0.05) is 12.4 Å². The van der Waals surface area contributed by atoms with Crippen molar-refractivity contribution in [2.75, 3.05) is 11.9 Å². The molecule has 3 rings (SSSR count). The predicted octanol–water partition coefficient (Wildman–Crippen LogP) is 0.616. The molecular formula is C17H17N5O3. The molecule has 8 nitrogen and oxygen atoms in total. The van der Waals surface area contributed by atoms with Crippen LogP contribution in [0, 0.1) is 0 Å². The Morgan fingerprint density at radius 1 is 1.16 bits per heavy atom. The summed E-state index contributed by atoms with van der Waals surface area (Å²) in [5.74, 6) is -0.664. The zero-order chi connectivity index (χ0) is 17.6. The number of amides is 2. The molecule has 0 saturated heterocycles. The number of imidazole rings is 1. The molecule has 0 aliphatic rings. The zero-order valence-corrected chi connectivity index (χ0v) is 13.3. The van der Waals surface area contributed by atoms with Crippen molar-refractivity contribution in [2.45, 2.75) is 12.5 Å². The summed E-state index contributed by atoms with van der Waals surface area (Å²) in [6, 6.07) is 9.68. The first kappa shape index (κ1) is 16.6. The lowest BCUT2D eigenvalue weighted by Gasteiger charge is -2.15. The first-order valence-corrected chi connectivity index (χ1v) is 7.70. The molecule has 0 aliphatic carbocycles. The van der Waals surface area contributed by atoms with Gasteiger partial charge in [-0.1, -0.05) is 12.1 Å². The maximum absolute atomic E-state index is 12.3. The number of nitrogens with zero attached hydrogens (tertiary/aromatic N) is 2. The number of nitrogens with one attached hydrogen (secondary N) is 3. The molecule has 0 fully saturated rings. The Balaban J connectivity index is 1.61. The van der Waals surface area contributed by atoms with Crippen molar-refractivity contribution in [3.63, 3.8) is 0 Å². The van der Waals surface area contributed by atoms with Crippen LogP contribution < -0.4 is 10.6 Å². The molecule has 3 aromatic rings. The van der Waals surface area contributed by atoms with Gasteiger partial charge in [-0.3, -0.25) is 19.9 Å². The van der Waals surface area contributed by atoms with Crippen molar-refractivity contribution in [3.8, 4) is 0 Å². The average Bonchev–Trinajstić information content (AvgIpc) is 3.02. The third-order valence-corrected chi connectivity index (χ3v) is 3.58. The Bertz CT molecular complexity index is 845. The molecule has 0 aliphatic heterocycles. The van der Waals surface area contributed by atoms with Crippen molar-refractivity contribution in [1.29, 1.82) is 0 Å². The van der Waals surface area contributed by atoms with E-state index in [-0.39, 0.29) is 18.3 Å². The summed E-state index contributed by atoms with van der Waals surface area (Å²) in [5.41, 5.74) is 2.25. The highest BCUT2D eigenvalue weighted by Gasteiger charge is 2.21. The lowest BCUT2D eigenvalue weighted by atomic mass is 10.2. The Morgan fingerprint density at radius 3 is 2.64 bits per heavy atom. The lowest BCUT2D eigenvalue weighted by Crippen LogP contribution is -2.46. The van der Waals surface area contributed by atoms with Gasteiger partial charge in [0.15, 0.2) is 0 Å². The number of aromatic amines is 1. The second-order valence-corrected chi connectivity index (χ2v) is 5.43. The van der Waals surface area contributed by atoms with Gasteiger partial charge in [-0.05, 0) is 29.8 Å². The normalized spacial score (nSPS) is 11.9. The topological polar surface area (TPSA) is 120 Å². The van der Waals surface area contributed by atoms with Gasteiger partial charge in [-0.25, -0.2) is 4.98 Å². The Kier molecular flexibility index (Phi) is 5.00. The quantitative estimate of drug-likeness (QED) is 0.525. The molecule has 128 valence electrons. The third kappa shape index (κ3) is 4.18. The number of carbonyl (C=O) groups is 2. The maximum atomic E-state index is 12.3. The van der Waals surface area contributed by atoms with Crippen molar-refractivity contribution in [2.24, 2.45) is 0 Å². The van der Waals surface area contributed by atoms with E-state index in [1.165, 1.54) is 0 Å². The van der Waals surface area contributed by atoms with Crippen LogP contribution in [0.15, 0.2) is 48.8 Å². The second kappa shape index (κ2) is 7.54. The number of benzene rings is 1. The number of hydrogen-bond donors (Lipinski definition) is 4. The maximum Gasteiger partial charge on any atom is 0.251 e. The van der Waals surface area contributed by atoms with E-state index in [1.54, 1.807) is 24.5 Å². The number of H-pyrrole nitrogens is 1. The van der Waals surface area contributed by atoms with Gasteiger partial charge in [-0.2, -0.15) is 0 Å². The van der Waals surface area contributed by atoms with Crippen molar-refractivity contribution < 1.29 is 14.7 Å². The molecule has 2 aromatic heterocycles. The minimum Gasteiger partial charge on any atom is -0.394 e. The minimum atomic E-state index is -1.07. The molecule has 1 atom stereocenters. The molecule has 0 saturated carbocycles. The van der Waals surface area contributed by atoms with Gasteiger partial charge >= 0.3 is 0 Å². The van der Waals surface area contributed by atoms with E-state index in [0.29, 0.717) is 5.52 Å². The van der Waals surface area contributed by atoms with E-state index in [9.17, 15) is 14.7 Å². The highest BCUT2D eigenvalue weighted by atomic mass is 16.3. The van der Waals surface area contributed by atoms with Crippen LogP contribution in [0.4, 0.5) is 5.95 Å². The second-order valence-electron chi connectivity index (χ2n) is 5.43. The molecule has 8 heteroatoms. The van der Waals surface area contributed by atoms with Crippen LogP contribution in [0.5, 0.6) is 0 Å². The molecule has 0 radical (unpaired) electrons. The monoisotopic (exact) mass is 339 g/mol. The van der Waals surface area contributed by atoms with E-state index >= 15 is 0 Å². The number of aliphatic hydroxyl groups excluding tert-OH is 1. The molecule has 0 unspecified atom stereocenters. The largest absolute Gasteiger partial charge is 0.394 e. The van der Waals surface area contributed by atoms with Crippen LogP contribution in [0.2, 0.25) is 0 Å². The number of carbonyl (C=O) groups excluding carboxylic acids is 2. The van der Waals surface area contributed by atoms with Crippen LogP contribution >= 0.6 is 0 Å². The molecule has 25 heavy (non-hydrogen) atoms. The van der Waals surface area contributed by atoms with Gasteiger partial charge in [-0.15, -0.1) is 0 Å². The van der Waals surface area contributed by atoms with Gasteiger partial charge in [0.2, 0.25) is 11.9 Å². The number of rotatable bonds is 6. The number of fused-ring (bicyclic) bond motifs is 1. The third-order valence-electron chi connectivity index (χ3n) is 3.58. The Hall–Kier alpha value is -3.26. The smallest absolute Gasteiger partial charge is 0.251 e. The summed E-state index contributed by atoms with van der Waals surface area (Å²) in [6.07, 6.45) is 3.26. The molecule has 4 N–H and O–H groups in total. The van der Waals surface area contributed by atoms with Crippen molar-refractivity contribution in [1.82, 2.24) is 20.3 Å². The minimum absolute atomic E-state index is 0.0942. The number of para-hydroxylation sites is 2. The molecule has 2 amide bonds. The first-order chi connectivity index (χ1) is 12.2. The summed E-state index contributed by atoms with van der Waals surface area (Å²) in [7, 11) is 0. The standard InChI is InChI=1S/C17H17N5O3/c23-10-14(19-15(24)9-11-5-7-18-8-6-11)16(25)22-17-20-12-3-1-2-4-13(12)21-17/h1-8,14,23H,9-10H2,(H,19,24)(H2,20,21,22,25)/t14-/m0/s1. The van der Waals surface area contributed by atoms with Gasteiger partial charge in [0.05, 0.1) is 24.1 Å². The van der Waals surface area contributed by atoms with Crippen LogP contribution in [-0.4, -0.2) is 44.5 Å². The summed E-state index contributed by atoms with van der Waals surface area (Å²) in [6.45, 7) is -0.520. The molecule has 0 spiro atoms. The average molecular weight is 339 g/mol. The fraction of sp³-hybridized carbons (Fsp3) is 0.176. The molecule has 0 bridgehead atoms. The number of hydrogen-bond acceptors (Lipinski definition) is 5. The SMILES string of the molecule is O=C(Cc1ccncc1)N[C@@H](CO)C(=O)Nc1nc2ccccc2[nH]1. The fourth-order valence-electron chi connectivity index (χ4n) is 2.34. The fourth-order valence-corrected chi connectivity index (χ4v) is 2.34. The van der Waals surface area contributed by atoms with Gasteiger partial charge in [0.25, 0.3) is 5.91 Å². The molecule has 2 heterocycles. The Labute approximate surface area is 143 Å². The predicted molar refractivity (Wildman–Crippen MR) is 91.7 cm³/mol. The van der Waals surface area contributed by atoms with Gasteiger partial charge in [0.1, 0.15) is 6.04 Å². The summed E-state index contributed by atoms with van der Waals surface area (Å²) in [4.78, 5) is 35.3. The molecular weight excluding hydrogens is 322 g/mol. The highest BCUT2D eigenvalue weighted by Crippen LogP contribution is 2.13. The van der Waals surface area contributed by atoms with E-state index in [0.717, 1.165) is 11.1 Å². The summed E-state index contributed by atoms with van der Waals surface area (Å²) < 4.78 is 0. The molecule has 1 aromatic carbocycles. The van der Waals surface area contributed by atoms with Crippen LogP contribution in [-0.2, 0) is 16.0 Å². The number of aliphatic hydroxyl groups is 1. The number of aromatic nitrogens is 3. The van der Waals surface area contributed by atoms with Crippen LogP contribution in [0.3, 0.4) is 0 Å². The van der Waals surface area contributed by atoms with Crippen LogP contribution in [0.25, 0.3) is 11.0 Å². The van der Waals surface area contributed by atoms with E-state index < -0.39 is 18.6 Å². The number of pyridine rings is 1. The van der Waals surface area contributed by atoms with E-state index in [4.69, 9.17) is 0 Å².